The van der Waals surface area contributed by atoms with E-state index in [0.717, 1.165) is 19.5 Å². The summed E-state index contributed by atoms with van der Waals surface area (Å²) in [5.74, 6) is 0.590. The molecule has 2 heterocycles. The number of aliphatic hydroxyl groups excluding tert-OH is 1. The first-order chi connectivity index (χ1) is 8.09. The number of hydrogen-bond donors (Lipinski definition) is 2. The number of urea groups is 1. The van der Waals surface area contributed by atoms with Gasteiger partial charge in [-0.25, -0.2) is 4.79 Å². The van der Waals surface area contributed by atoms with Crippen LogP contribution in [0.1, 0.15) is 19.8 Å². The molecule has 0 aliphatic carbocycles. The maximum Gasteiger partial charge on any atom is 0.320 e. The number of likely N-dealkylation sites (tertiary alicyclic amines) is 1. The minimum Gasteiger partial charge on any atom is -0.390 e. The van der Waals surface area contributed by atoms with Crippen molar-refractivity contribution in [2.24, 2.45) is 5.92 Å². The topological polar surface area (TPSA) is 55.8 Å². The van der Waals surface area contributed by atoms with E-state index in [1.54, 1.807) is 11.9 Å². The number of nitrogens with zero attached hydrogens (tertiary/aromatic N) is 2. The fraction of sp³-hybridized carbons (Fsp3) is 0.917. The van der Waals surface area contributed by atoms with Gasteiger partial charge in [0.05, 0.1) is 12.1 Å². The zero-order valence-corrected chi connectivity index (χ0v) is 10.7. The third-order valence-electron chi connectivity index (χ3n) is 3.88. The SMILES string of the molecule is CC1CCCN(C(=O)N(C)[C@H]2CNC[C@@H]2O)C1. The van der Waals surface area contributed by atoms with E-state index >= 15 is 0 Å². The van der Waals surface area contributed by atoms with Crippen molar-refractivity contribution in [2.45, 2.75) is 31.9 Å². The van der Waals surface area contributed by atoms with Gasteiger partial charge in [0.2, 0.25) is 0 Å². The molecule has 0 saturated carbocycles. The predicted octanol–water partition coefficient (Wildman–Crippen LogP) is 0.103. The molecule has 0 radical (unpaired) electrons. The highest BCUT2D eigenvalue weighted by molar-refractivity contribution is 5.74. The third kappa shape index (κ3) is 2.72. The van der Waals surface area contributed by atoms with Gasteiger partial charge in [0, 0.05) is 33.2 Å². The Kier molecular flexibility index (Phi) is 3.89. The van der Waals surface area contributed by atoms with Crippen LogP contribution in [0.2, 0.25) is 0 Å². The van der Waals surface area contributed by atoms with Crippen LogP contribution >= 0.6 is 0 Å². The molecule has 0 bridgehead atoms. The van der Waals surface area contributed by atoms with E-state index in [0.29, 0.717) is 19.0 Å². The van der Waals surface area contributed by atoms with Gasteiger partial charge in [-0.1, -0.05) is 6.92 Å². The second-order valence-corrected chi connectivity index (χ2v) is 5.38. The van der Waals surface area contributed by atoms with Crippen LogP contribution in [0.15, 0.2) is 0 Å². The first kappa shape index (κ1) is 12.6. The fourth-order valence-electron chi connectivity index (χ4n) is 2.77. The number of carbonyl (C=O) groups is 1. The van der Waals surface area contributed by atoms with E-state index in [9.17, 15) is 9.90 Å². The van der Waals surface area contributed by atoms with Gasteiger partial charge in [-0.2, -0.15) is 0 Å². The van der Waals surface area contributed by atoms with Crippen molar-refractivity contribution in [3.05, 3.63) is 0 Å². The summed E-state index contributed by atoms with van der Waals surface area (Å²) in [6.45, 7) is 5.15. The van der Waals surface area contributed by atoms with E-state index in [1.165, 1.54) is 6.42 Å². The lowest BCUT2D eigenvalue weighted by Gasteiger charge is -2.36. The highest BCUT2D eigenvalue weighted by Gasteiger charge is 2.33. The first-order valence-electron chi connectivity index (χ1n) is 6.50. The molecule has 2 rings (SSSR count). The molecule has 2 fully saturated rings. The summed E-state index contributed by atoms with van der Waals surface area (Å²) in [7, 11) is 1.79. The molecule has 2 saturated heterocycles. The van der Waals surface area contributed by atoms with Crippen LogP contribution in [-0.4, -0.2) is 66.3 Å². The van der Waals surface area contributed by atoms with Crippen molar-refractivity contribution < 1.29 is 9.90 Å². The van der Waals surface area contributed by atoms with Crippen molar-refractivity contribution in [3.63, 3.8) is 0 Å². The van der Waals surface area contributed by atoms with Crippen LogP contribution in [0.4, 0.5) is 4.79 Å². The Balaban J connectivity index is 1.94. The number of piperidine rings is 1. The summed E-state index contributed by atoms with van der Waals surface area (Å²) in [5.41, 5.74) is 0. The normalized spacial score (nSPS) is 33.8. The molecule has 2 aliphatic rings. The molecule has 0 aromatic rings. The van der Waals surface area contributed by atoms with Gasteiger partial charge < -0.3 is 20.2 Å². The maximum atomic E-state index is 12.3. The lowest BCUT2D eigenvalue weighted by Crippen LogP contribution is -2.52. The quantitative estimate of drug-likeness (QED) is 0.685. The monoisotopic (exact) mass is 241 g/mol. The number of carbonyl (C=O) groups excluding carboxylic acids is 1. The Bertz CT molecular complexity index is 285. The lowest BCUT2D eigenvalue weighted by molar-refractivity contribution is 0.0850. The van der Waals surface area contributed by atoms with Crippen molar-refractivity contribution in [2.75, 3.05) is 33.2 Å². The molecule has 0 aromatic heterocycles. The molecule has 3 atom stereocenters. The second kappa shape index (κ2) is 5.23. The number of aliphatic hydroxyl groups is 1. The fourth-order valence-corrected chi connectivity index (χ4v) is 2.77. The molecule has 0 spiro atoms. The van der Waals surface area contributed by atoms with Crippen molar-refractivity contribution in [1.29, 1.82) is 0 Å². The Morgan fingerprint density at radius 1 is 1.47 bits per heavy atom. The van der Waals surface area contributed by atoms with Crippen LogP contribution in [0.25, 0.3) is 0 Å². The summed E-state index contributed by atoms with van der Waals surface area (Å²) >= 11 is 0. The molecule has 2 aliphatic heterocycles. The lowest BCUT2D eigenvalue weighted by atomic mass is 10.0. The summed E-state index contributed by atoms with van der Waals surface area (Å²) in [6.07, 6.45) is 1.86. The molecule has 17 heavy (non-hydrogen) atoms. The zero-order valence-electron chi connectivity index (χ0n) is 10.7. The molecule has 1 unspecified atom stereocenters. The van der Waals surface area contributed by atoms with Gasteiger partial charge >= 0.3 is 6.03 Å². The summed E-state index contributed by atoms with van der Waals surface area (Å²) in [5, 5.41) is 12.9. The molecule has 5 nitrogen and oxygen atoms in total. The average molecular weight is 241 g/mol. The highest BCUT2D eigenvalue weighted by atomic mass is 16.3. The van der Waals surface area contributed by atoms with Crippen molar-refractivity contribution >= 4 is 6.03 Å². The van der Waals surface area contributed by atoms with Crippen LogP contribution in [0, 0.1) is 5.92 Å². The average Bonchev–Trinajstić information content (AvgIpc) is 2.73. The molecular weight excluding hydrogens is 218 g/mol. The zero-order chi connectivity index (χ0) is 12.4. The number of β-amino-alcohol motifs (C(OH)–C–C–N with tert-alkyl or cyclic N) is 1. The van der Waals surface area contributed by atoms with E-state index in [4.69, 9.17) is 0 Å². The van der Waals surface area contributed by atoms with Crippen LogP contribution in [-0.2, 0) is 0 Å². The van der Waals surface area contributed by atoms with E-state index in [1.807, 2.05) is 4.90 Å². The van der Waals surface area contributed by atoms with Crippen molar-refractivity contribution in [1.82, 2.24) is 15.1 Å². The Hall–Kier alpha value is -0.810. The van der Waals surface area contributed by atoms with Gasteiger partial charge in [0.25, 0.3) is 0 Å². The number of rotatable bonds is 1. The summed E-state index contributed by atoms with van der Waals surface area (Å²) < 4.78 is 0. The highest BCUT2D eigenvalue weighted by Crippen LogP contribution is 2.18. The number of hydrogen-bond acceptors (Lipinski definition) is 3. The maximum absolute atomic E-state index is 12.3. The smallest absolute Gasteiger partial charge is 0.320 e. The van der Waals surface area contributed by atoms with Crippen LogP contribution in [0.5, 0.6) is 0 Å². The Morgan fingerprint density at radius 2 is 2.24 bits per heavy atom. The van der Waals surface area contributed by atoms with Crippen LogP contribution < -0.4 is 5.32 Å². The van der Waals surface area contributed by atoms with E-state index < -0.39 is 6.10 Å². The van der Waals surface area contributed by atoms with Crippen molar-refractivity contribution in [3.8, 4) is 0 Å². The Morgan fingerprint density at radius 3 is 2.82 bits per heavy atom. The molecular formula is C12H23N3O2. The molecule has 5 heteroatoms. The van der Waals surface area contributed by atoms with Gasteiger partial charge in [-0.3, -0.25) is 0 Å². The predicted molar refractivity (Wildman–Crippen MR) is 65.8 cm³/mol. The van der Waals surface area contributed by atoms with Gasteiger partial charge in [-0.05, 0) is 18.8 Å². The first-order valence-corrected chi connectivity index (χ1v) is 6.50. The van der Waals surface area contributed by atoms with E-state index in [2.05, 4.69) is 12.2 Å². The van der Waals surface area contributed by atoms with Gasteiger partial charge in [-0.15, -0.1) is 0 Å². The second-order valence-electron chi connectivity index (χ2n) is 5.38. The number of likely N-dealkylation sites (N-methyl/N-ethyl adjacent to an activating group) is 1. The van der Waals surface area contributed by atoms with Gasteiger partial charge in [0.15, 0.2) is 0 Å². The number of amides is 2. The molecule has 0 aromatic carbocycles. The summed E-state index contributed by atoms with van der Waals surface area (Å²) in [4.78, 5) is 15.9. The largest absolute Gasteiger partial charge is 0.390 e. The molecule has 2 amide bonds. The van der Waals surface area contributed by atoms with Crippen LogP contribution in [0.3, 0.4) is 0 Å². The van der Waals surface area contributed by atoms with E-state index in [-0.39, 0.29) is 12.1 Å². The standard InChI is InChI=1S/C12H23N3O2/c1-9-4-3-5-15(8-9)12(17)14(2)10-6-13-7-11(10)16/h9-11,13,16H,3-8H2,1-2H3/t9?,10-,11-/m0/s1. The molecule has 2 N–H and O–H groups in total. The number of nitrogens with one attached hydrogen (secondary N) is 1. The minimum absolute atomic E-state index is 0.0595. The van der Waals surface area contributed by atoms with Gasteiger partial charge in [0.1, 0.15) is 0 Å². The summed E-state index contributed by atoms with van der Waals surface area (Å²) in [6, 6.07) is -0.0240. The Labute approximate surface area is 103 Å². The third-order valence-corrected chi connectivity index (χ3v) is 3.88. The minimum atomic E-state index is -0.439. The molecule has 98 valence electrons.